The van der Waals surface area contributed by atoms with Crippen LogP contribution in [0.25, 0.3) is 20.2 Å². The van der Waals surface area contributed by atoms with E-state index in [0.717, 1.165) is 14.9 Å². The first-order valence-corrected chi connectivity index (χ1v) is 6.51. The molecule has 0 aliphatic rings. The van der Waals surface area contributed by atoms with Gasteiger partial charge in [0.05, 0.1) is 5.02 Å². The molecule has 0 radical (unpaired) electrons. The fraction of sp³-hybridized carbons (Fsp3) is 0. The van der Waals surface area contributed by atoms with Crippen molar-refractivity contribution in [2.24, 2.45) is 0 Å². The predicted molar refractivity (Wildman–Crippen MR) is 72.0 cm³/mol. The summed E-state index contributed by atoms with van der Waals surface area (Å²) in [5, 5.41) is 3.21. The quantitative estimate of drug-likeness (QED) is 0.516. The standard InChI is InChI=1S/C12H6BrClS/c13-8-5-6-10-11(12(8)14)7-3-1-2-4-9(7)15-10/h1-6H. The zero-order valence-electron chi connectivity index (χ0n) is 7.63. The van der Waals surface area contributed by atoms with Gasteiger partial charge in [-0.3, -0.25) is 0 Å². The summed E-state index contributed by atoms with van der Waals surface area (Å²) in [7, 11) is 0. The Balaban J connectivity index is 2.63. The molecule has 0 saturated heterocycles. The van der Waals surface area contributed by atoms with Crippen LogP contribution in [0.3, 0.4) is 0 Å². The Morgan fingerprint density at radius 1 is 1.00 bits per heavy atom. The summed E-state index contributed by atoms with van der Waals surface area (Å²) >= 11 is 11.5. The maximum atomic E-state index is 6.31. The lowest BCUT2D eigenvalue weighted by Crippen LogP contribution is -1.71. The third-order valence-corrected chi connectivity index (χ3v) is 4.85. The number of rotatable bonds is 0. The van der Waals surface area contributed by atoms with Crippen LogP contribution in [-0.4, -0.2) is 0 Å². The molecular weight excluding hydrogens is 292 g/mol. The molecule has 74 valence electrons. The van der Waals surface area contributed by atoms with Gasteiger partial charge in [0.2, 0.25) is 0 Å². The van der Waals surface area contributed by atoms with Crippen LogP contribution in [0.5, 0.6) is 0 Å². The molecule has 0 aliphatic heterocycles. The lowest BCUT2D eigenvalue weighted by atomic mass is 10.1. The third kappa shape index (κ3) is 1.40. The molecule has 1 heterocycles. The van der Waals surface area contributed by atoms with Crippen LogP contribution in [0.4, 0.5) is 0 Å². The first kappa shape index (κ1) is 9.64. The molecule has 3 aromatic rings. The first-order chi connectivity index (χ1) is 7.27. The molecule has 0 aliphatic carbocycles. The Kier molecular flexibility index (Phi) is 2.23. The summed E-state index contributed by atoms with van der Waals surface area (Å²) in [6, 6.07) is 12.5. The van der Waals surface area contributed by atoms with Crippen molar-refractivity contribution in [2.75, 3.05) is 0 Å². The third-order valence-electron chi connectivity index (χ3n) is 2.43. The van der Waals surface area contributed by atoms with E-state index >= 15 is 0 Å². The van der Waals surface area contributed by atoms with Gasteiger partial charge >= 0.3 is 0 Å². The SMILES string of the molecule is Clc1c(Br)ccc2sc3ccccc3c12. The molecule has 0 N–H and O–H groups in total. The van der Waals surface area contributed by atoms with Crippen LogP contribution in [0.2, 0.25) is 5.02 Å². The largest absolute Gasteiger partial charge is 0.135 e. The average molecular weight is 298 g/mol. The van der Waals surface area contributed by atoms with Gasteiger partial charge in [0, 0.05) is 24.6 Å². The smallest absolute Gasteiger partial charge is 0.0641 e. The highest BCUT2D eigenvalue weighted by Gasteiger charge is 2.09. The number of hydrogen-bond acceptors (Lipinski definition) is 1. The van der Waals surface area contributed by atoms with Gasteiger partial charge < -0.3 is 0 Å². The van der Waals surface area contributed by atoms with Crippen LogP contribution < -0.4 is 0 Å². The normalized spacial score (nSPS) is 11.3. The van der Waals surface area contributed by atoms with Gasteiger partial charge in [0.1, 0.15) is 0 Å². The Hall–Kier alpha value is -0.570. The van der Waals surface area contributed by atoms with Gasteiger partial charge in [-0.05, 0) is 34.1 Å². The summed E-state index contributed by atoms with van der Waals surface area (Å²) in [6.07, 6.45) is 0. The fourth-order valence-corrected chi connectivity index (χ4v) is 3.52. The van der Waals surface area contributed by atoms with E-state index in [4.69, 9.17) is 11.6 Å². The highest BCUT2D eigenvalue weighted by molar-refractivity contribution is 9.10. The van der Waals surface area contributed by atoms with Crippen molar-refractivity contribution in [2.45, 2.75) is 0 Å². The minimum atomic E-state index is 0.810. The summed E-state index contributed by atoms with van der Waals surface area (Å²) in [4.78, 5) is 0. The Bertz CT molecular complexity index is 657. The number of halogens is 2. The second-order valence-corrected chi connectivity index (χ2v) is 5.65. The Morgan fingerprint density at radius 3 is 2.67 bits per heavy atom. The van der Waals surface area contributed by atoms with E-state index in [9.17, 15) is 0 Å². The first-order valence-electron chi connectivity index (χ1n) is 4.52. The minimum Gasteiger partial charge on any atom is -0.135 e. The summed E-state index contributed by atoms with van der Waals surface area (Å²) in [6.45, 7) is 0. The summed E-state index contributed by atoms with van der Waals surface area (Å²) in [5.74, 6) is 0. The number of hydrogen-bond donors (Lipinski definition) is 0. The molecule has 0 bridgehead atoms. The number of benzene rings is 2. The topological polar surface area (TPSA) is 0 Å². The number of thiophene rings is 1. The second-order valence-electron chi connectivity index (χ2n) is 3.33. The van der Waals surface area contributed by atoms with E-state index in [0.29, 0.717) is 0 Å². The molecule has 15 heavy (non-hydrogen) atoms. The number of fused-ring (bicyclic) bond motifs is 3. The van der Waals surface area contributed by atoms with Crippen LogP contribution >= 0.6 is 38.9 Å². The van der Waals surface area contributed by atoms with Crippen molar-refractivity contribution < 1.29 is 0 Å². The van der Waals surface area contributed by atoms with Crippen molar-refractivity contribution in [3.8, 4) is 0 Å². The molecule has 0 nitrogen and oxygen atoms in total. The van der Waals surface area contributed by atoms with Crippen LogP contribution in [0.15, 0.2) is 40.9 Å². The monoisotopic (exact) mass is 296 g/mol. The lowest BCUT2D eigenvalue weighted by molar-refractivity contribution is 1.76. The van der Waals surface area contributed by atoms with Gasteiger partial charge in [-0.2, -0.15) is 0 Å². The van der Waals surface area contributed by atoms with Crippen LogP contribution in [0.1, 0.15) is 0 Å². The van der Waals surface area contributed by atoms with E-state index in [1.165, 1.54) is 14.8 Å². The fourth-order valence-electron chi connectivity index (χ4n) is 1.75. The minimum absolute atomic E-state index is 0.810. The maximum absolute atomic E-state index is 6.31. The van der Waals surface area contributed by atoms with E-state index in [1.807, 2.05) is 12.1 Å². The molecule has 0 unspecified atom stereocenters. The predicted octanol–water partition coefficient (Wildman–Crippen LogP) is 5.47. The highest BCUT2D eigenvalue weighted by atomic mass is 79.9. The molecule has 3 heteroatoms. The molecular formula is C12H6BrClS. The van der Waals surface area contributed by atoms with E-state index < -0.39 is 0 Å². The lowest BCUT2D eigenvalue weighted by Gasteiger charge is -1.97. The summed E-state index contributed by atoms with van der Waals surface area (Å²) < 4.78 is 3.48. The van der Waals surface area contributed by atoms with Gasteiger partial charge in [0.25, 0.3) is 0 Å². The molecule has 1 aromatic heterocycles. The molecule has 0 atom stereocenters. The Labute approximate surface area is 105 Å². The second kappa shape index (κ2) is 3.48. The van der Waals surface area contributed by atoms with E-state index in [-0.39, 0.29) is 0 Å². The Morgan fingerprint density at radius 2 is 1.80 bits per heavy atom. The molecule has 3 rings (SSSR count). The molecule has 2 aromatic carbocycles. The van der Waals surface area contributed by atoms with Crippen molar-refractivity contribution in [1.29, 1.82) is 0 Å². The average Bonchev–Trinajstić information content (AvgIpc) is 2.62. The van der Waals surface area contributed by atoms with Gasteiger partial charge in [-0.25, -0.2) is 0 Å². The zero-order chi connectivity index (χ0) is 10.4. The summed E-state index contributed by atoms with van der Waals surface area (Å²) in [5.41, 5.74) is 0. The molecule has 0 saturated carbocycles. The highest BCUT2D eigenvalue weighted by Crippen LogP contribution is 2.40. The molecule has 0 spiro atoms. The van der Waals surface area contributed by atoms with Crippen LogP contribution in [-0.2, 0) is 0 Å². The zero-order valence-corrected chi connectivity index (χ0v) is 10.8. The van der Waals surface area contributed by atoms with Gasteiger partial charge in [0.15, 0.2) is 0 Å². The van der Waals surface area contributed by atoms with Crippen LogP contribution in [0, 0.1) is 0 Å². The van der Waals surface area contributed by atoms with Crippen molar-refractivity contribution >= 4 is 59.0 Å². The molecule has 0 amide bonds. The van der Waals surface area contributed by atoms with Gasteiger partial charge in [-0.1, -0.05) is 29.8 Å². The van der Waals surface area contributed by atoms with Crippen molar-refractivity contribution in [3.05, 3.63) is 45.9 Å². The maximum Gasteiger partial charge on any atom is 0.0641 e. The molecule has 0 fully saturated rings. The van der Waals surface area contributed by atoms with Crippen molar-refractivity contribution in [1.82, 2.24) is 0 Å². The van der Waals surface area contributed by atoms with E-state index in [1.54, 1.807) is 11.3 Å². The van der Waals surface area contributed by atoms with Gasteiger partial charge in [-0.15, -0.1) is 11.3 Å². The van der Waals surface area contributed by atoms with Crippen molar-refractivity contribution in [3.63, 3.8) is 0 Å². The van der Waals surface area contributed by atoms with E-state index in [2.05, 4.69) is 40.2 Å².